The zero-order chi connectivity index (χ0) is 16.9. The Balaban J connectivity index is 1.55. The maximum Gasteiger partial charge on any atom is 0.0709 e. The molecule has 0 atom stereocenters. The third-order valence-electron chi connectivity index (χ3n) is 4.27. The lowest BCUT2D eigenvalue weighted by Gasteiger charge is -2.03. The van der Waals surface area contributed by atoms with Crippen molar-refractivity contribution in [2.24, 2.45) is 0 Å². The first-order valence-electron chi connectivity index (χ1n) is 8.54. The molecule has 4 aromatic rings. The van der Waals surface area contributed by atoms with Gasteiger partial charge >= 0.3 is 0 Å². The minimum Gasteiger partial charge on any atom is -0.248 e. The predicted octanol–water partition coefficient (Wildman–Crippen LogP) is 6.00. The van der Waals surface area contributed by atoms with Crippen molar-refractivity contribution >= 4 is 23.1 Å². The van der Waals surface area contributed by atoms with Gasteiger partial charge < -0.3 is 0 Å². The quantitative estimate of drug-likeness (QED) is 0.449. The average molecular weight is 321 g/mol. The van der Waals surface area contributed by atoms with Gasteiger partial charge in [-0.1, -0.05) is 84.9 Å². The van der Waals surface area contributed by atoms with E-state index in [-0.39, 0.29) is 0 Å². The SMILES string of the molecule is C(=C\c1ccc2ccccc2n1)/c1cccc(Cc2ccccc2)c1. The van der Waals surface area contributed by atoms with Crippen molar-refractivity contribution in [3.63, 3.8) is 0 Å². The highest BCUT2D eigenvalue weighted by molar-refractivity contribution is 5.80. The Kier molecular flexibility index (Phi) is 4.38. The summed E-state index contributed by atoms with van der Waals surface area (Å²) in [6.07, 6.45) is 5.16. The second-order valence-corrected chi connectivity index (χ2v) is 6.17. The molecule has 0 aliphatic rings. The smallest absolute Gasteiger partial charge is 0.0709 e. The molecule has 0 aliphatic carbocycles. The standard InChI is InChI=1S/C24H19N/c1-2-7-19(8-3-1)17-21-10-6-9-20(18-21)13-15-23-16-14-22-11-4-5-12-24(22)25-23/h1-16,18H,17H2/b15-13+. The lowest BCUT2D eigenvalue weighted by molar-refractivity contribution is 1.19. The number of hydrogen-bond acceptors (Lipinski definition) is 1. The third kappa shape index (κ3) is 3.84. The van der Waals surface area contributed by atoms with Gasteiger partial charge in [-0.15, -0.1) is 0 Å². The van der Waals surface area contributed by atoms with Crippen molar-refractivity contribution < 1.29 is 0 Å². The maximum absolute atomic E-state index is 4.69. The van der Waals surface area contributed by atoms with E-state index in [1.807, 2.05) is 18.2 Å². The monoisotopic (exact) mass is 321 g/mol. The van der Waals surface area contributed by atoms with E-state index in [1.165, 1.54) is 22.1 Å². The van der Waals surface area contributed by atoms with Gasteiger partial charge in [0.05, 0.1) is 11.2 Å². The Morgan fingerprint density at radius 2 is 1.44 bits per heavy atom. The van der Waals surface area contributed by atoms with Crippen molar-refractivity contribution in [1.82, 2.24) is 4.98 Å². The van der Waals surface area contributed by atoms with E-state index in [1.54, 1.807) is 0 Å². The lowest BCUT2D eigenvalue weighted by atomic mass is 10.0. The highest BCUT2D eigenvalue weighted by Gasteiger charge is 1.98. The molecule has 0 unspecified atom stereocenters. The number of fused-ring (bicyclic) bond motifs is 1. The summed E-state index contributed by atoms with van der Waals surface area (Å²) >= 11 is 0. The zero-order valence-electron chi connectivity index (χ0n) is 14.0. The summed E-state index contributed by atoms with van der Waals surface area (Å²) in [4.78, 5) is 4.69. The number of nitrogens with zero attached hydrogens (tertiary/aromatic N) is 1. The number of aromatic nitrogens is 1. The van der Waals surface area contributed by atoms with Gasteiger partial charge in [-0.2, -0.15) is 0 Å². The molecule has 0 saturated heterocycles. The third-order valence-corrected chi connectivity index (χ3v) is 4.27. The van der Waals surface area contributed by atoms with Crippen molar-refractivity contribution in [2.45, 2.75) is 6.42 Å². The van der Waals surface area contributed by atoms with Gasteiger partial charge in [0, 0.05) is 5.39 Å². The molecular formula is C24H19N. The van der Waals surface area contributed by atoms with Crippen molar-refractivity contribution in [1.29, 1.82) is 0 Å². The summed E-state index contributed by atoms with van der Waals surface area (Å²) < 4.78 is 0. The molecule has 0 aliphatic heterocycles. The number of hydrogen-bond donors (Lipinski definition) is 0. The Labute approximate surface area is 148 Å². The van der Waals surface area contributed by atoms with Gasteiger partial charge in [0.1, 0.15) is 0 Å². The van der Waals surface area contributed by atoms with Crippen LogP contribution in [-0.4, -0.2) is 4.98 Å². The maximum atomic E-state index is 4.69. The summed E-state index contributed by atoms with van der Waals surface area (Å²) in [7, 11) is 0. The molecule has 1 nitrogen and oxygen atoms in total. The molecule has 1 aromatic heterocycles. The molecule has 120 valence electrons. The normalized spacial score (nSPS) is 11.2. The molecular weight excluding hydrogens is 302 g/mol. The van der Waals surface area contributed by atoms with Crippen molar-refractivity contribution in [3.05, 3.63) is 113 Å². The van der Waals surface area contributed by atoms with E-state index in [9.17, 15) is 0 Å². The molecule has 4 rings (SSSR count). The summed E-state index contributed by atoms with van der Waals surface area (Å²) in [6.45, 7) is 0. The van der Waals surface area contributed by atoms with Crippen LogP contribution in [0.3, 0.4) is 0 Å². The first-order chi connectivity index (χ1) is 12.4. The van der Waals surface area contributed by atoms with Crippen LogP contribution in [0, 0.1) is 0 Å². The molecule has 0 bridgehead atoms. The Bertz CT molecular complexity index is 1020. The lowest BCUT2D eigenvalue weighted by Crippen LogP contribution is -1.88. The van der Waals surface area contributed by atoms with Crippen LogP contribution >= 0.6 is 0 Å². The molecule has 0 saturated carbocycles. The number of para-hydroxylation sites is 1. The second kappa shape index (κ2) is 7.14. The van der Waals surface area contributed by atoms with Crippen LogP contribution < -0.4 is 0 Å². The number of benzene rings is 3. The molecule has 0 radical (unpaired) electrons. The molecule has 1 heterocycles. The van der Waals surface area contributed by atoms with Gasteiger partial charge in [0.15, 0.2) is 0 Å². The van der Waals surface area contributed by atoms with E-state index < -0.39 is 0 Å². The largest absolute Gasteiger partial charge is 0.248 e. The first kappa shape index (κ1) is 15.3. The van der Waals surface area contributed by atoms with Crippen molar-refractivity contribution in [2.75, 3.05) is 0 Å². The average Bonchev–Trinajstić information content (AvgIpc) is 2.67. The molecule has 3 aromatic carbocycles. The van der Waals surface area contributed by atoms with Gasteiger partial charge in [-0.05, 0) is 41.3 Å². The van der Waals surface area contributed by atoms with Crippen LogP contribution in [0.5, 0.6) is 0 Å². The predicted molar refractivity (Wildman–Crippen MR) is 106 cm³/mol. The molecule has 0 N–H and O–H groups in total. The minimum atomic E-state index is 0.955. The van der Waals surface area contributed by atoms with Crippen LogP contribution in [0.1, 0.15) is 22.4 Å². The summed E-state index contributed by atoms with van der Waals surface area (Å²) in [5.41, 5.74) is 5.86. The van der Waals surface area contributed by atoms with Crippen molar-refractivity contribution in [3.8, 4) is 0 Å². The number of rotatable bonds is 4. The fourth-order valence-electron chi connectivity index (χ4n) is 2.99. The van der Waals surface area contributed by atoms with E-state index in [0.717, 1.165) is 17.6 Å². The highest BCUT2D eigenvalue weighted by atomic mass is 14.7. The van der Waals surface area contributed by atoms with Gasteiger partial charge in [0.2, 0.25) is 0 Å². The van der Waals surface area contributed by atoms with E-state index >= 15 is 0 Å². The summed E-state index contributed by atoms with van der Waals surface area (Å²) in [6, 6.07) is 31.6. The zero-order valence-corrected chi connectivity index (χ0v) is 14.0. The molecule has 0 amide bonds. The Hall–Kier alpha value is -3.19. The minimum absolute atomic E-state index is 0.955. The van der Waals surface area contributed by atoms with Crippen LogP contribution in [0.25, 0.3) is 23.1 Å². The van der Waals surface area contributed by atoms with Crippen LogP contribution in [-0.2, 0) is 6.42 Å². The molecule has 0 spiro atoms. The fraction of sp³-hybridized carbons (Fsp3) is 0.0417. The topological polar surface area (TPSA) is 12.9 Å². The Morgan fingerprint density at radius 1 is 0.640 bits per heavy atom. The van der Waals surface area contributed by atoms with Crippen LogP contribution in [0.2, 0.25) is 0 Å². The summed E-state index contributed by atoms with van der Waals surface area (Å²) in [5, 5.41) is 1.17. The highest BCUT2D eigenvalue weighted by Crippen LogP contribution is 2.16. The van der Waals surface area contributed by atoms with Gasteiger partial charge in [-0.3, -0.25) is 0 Å². The van der Waals surface area contributed by atoms with E-state index in [4.69, 9.17) is 4.98 Å². The van der Waals surface area contributed by atoms with Crippen LogP contribution in [0.4, 0.5) is 0 Å². The fourth-order valence-corrected chi connectivity index (χ4v) is 2.99. The molecule has 1 heteroatoms. The van der Waals surface area contributed by atoms with Crippen LogP contribution in [0.15, 0.2) is 91.0 Å². The first-order valence-corrected chi connectivity index (χ1v) is 8.54. The second-order valence-electron chi connectivity index (χ2n) is 6.17. The molecule has 25 heavy (non-hydrogen) atoms. The number of pyridine rings is 1. The summed E-state index contributed by atoms with van der Waals surface area (Å²) in [5.74, 6) is 0. The molecule has 0 fully saturated rings. The van der Waals surface area contributed by atoms with E-state index in [0.29, 0.717) is 0 Å². The van der Waals surface area contributed by atoms with Gasteiger partial charge in [0.25, 0.3) is 0 Å². The van der Waals surface area contributed by atoms with Gasteiger partial charge in [-0.25, -0.2) is 4.98 Å². The van der Waals surface area contributed by atoms with E-state index in [2.05, 4.69) is 84.9 Å². The Morgan fingerprint density at radius 3 is 2.36 bits per heavy atom.